The monoisotopic (exact) mass is 177 g/mol. The van der Waals surface area contributed by atoms with Gasteiger partial charge >= 0.3 is 0 Å². The molecule has 0 heterocycles. The van der Waals surface area contributed by atoms with Crippen molar-refractivity contribution < 1.29 is 8.85 Å². The van der Waals surface area contributed by atoms with E-state index in [4.69, 9.17) is 9.95 Å². The third-order valence-corrected chi connectivity index (χ3v) is 1.12. The quantitative estimate of drug-likeness (QED) is 0.531. The summed E-state index contributed by atoms with van der Waals surface area (Å²) < 4.78 is 25.2. The summed E-state index contributed by atoms with van der Waals surface area (Å²) in [5.41, 5.74) is 2.99. The van der Waals surface area contributed by atoms with E-state index >= 15 is 0 Å². The van der Waals surface area contributed by atoms with Gasteiger partial charge in [0.25, 0.3) is 0 Å². The van der Waals surface area contributed by atoms with Gasteiger partial charge in [-0.3, -0.25) is 5.84 Å². The molecule has 0 unspecified atom stereocenters. The molecule has 0 atom stereocenters. The van der Waals surface area contributed by atoms with E-state index in [1.807, 2.05) is 0 Å². The van der Waals surface area contributed by atoms with E-state index in [1.54, 1.807) is 18.2 Å². The summed E-state index contributed by atoms with van der Waals surface area (Å²) in [4.78, 5) is 0. The Kier molecular flexibility index (Phi) is 2.49. The van der Waals surface area contributed by atoms with Crippen LogP contribution >= 0.6 is 12.4 Å². The summed E-state index contributed by atoms with van der Waals surface area (Å²) in [7, 11) is -2.42. The maximum Gasteiger partial charge on any atom is 0.120 e. The zero-order valence-corrected chi connectivity index (χ0v) is 6.52. The highest BCUT2D eigenvalue weighted by molar-refractivity contribution is 5.85. The fourth-order valence-corrected chi connectivity index (χ4v) is 0.649. The second-order valence-corrected chi connectivity index (χ2v) is 1.77. The van der Waals surface area contributed by atoms with Gasteiger partial charge in [-0.05, 0) is 12.1 Å². The number of halogens is 1. The number of nitrogen functional groups attached to an aromatic ring is 1. The predicted octanol–water partition coefficient (Wildman–Crippen LogP) is 1.40. The Morgan fingerprint density at radius 2 is 2.45 bits per heavy atom. The number of nitrogens with one attached hydrogen (secondary N) is 1. The molecule has 0 aliphatic rings. The molecule has 0 aliphatic carbocycles. The Bertz CT molecular complexity index is 293. The topological polar surface area (TPSA) is 47.3 Å². The minimum absolute atomic E-state index is 0. The average molecular weight is 178 g/mol. The molecule has 1 aromatic rings. The lowest BCUT2D eigenvalue weighted by Crippen LogP contribution is -2.06. The van der Waals surface area contributed by atoms with E-state index in [0.717, 1.165) is 0 Å². The van der Waals surface area contributed by atoms with Crippen LogP contribution in [0, 0.1) is 0 Å². The van der Waals surface area contributed by atoms with Crippen molar-refractivity contribution in [3.8, 4) is 5.75 Å². The Morgan fingerprint density at radius 1 is 1.64 bits per heavy atom. The van der Waals surface area contributed by atoms with Crippen LogP contribution in [0.5, 0.6) is 5.75 Å². The third-order valence-electron chi connectivity index (χ3n) is 1.12. The van der Waals surface area contributed by atoms with Gasteiger partial charge in [-0.1, -0.05) is 6.07 Å². The van der Waals surface area contributed by atoms with Gasteiger partial charge in [-0.15, -0.1) is 12.4 Å². The van der Waals surface area contributed by atoms with Crippen molar-refractivity contribution in [2.24, 2.45) is 5.84 Å². The maximum atomic E-state index is 6.86. The lowest BCUT2D eigenvalue weighted by atomic mass is 10.3. The molecule has 4 heteroatoms. The van der Waals surface area contributed by atoms with Crippen molar-refractivity contribution in [1.29, 1.82) is 0 Å². The number of hydrogen-bond donors (Lipinski definition) is 2. The first-order valence-corrected chi connectivity index (χ1v) is 2.77. The van der Waals surface area contributed by atoms with Crippen LogP contribution in [0.4, 0.5) is 5.69 Å². The number of nitrogens with two attached hydrogens (primary N) is 1. The Morgan fingerprint density at radius 3 is 3.09 bits per heavy atom. The van der Waals surface area contributed by atoms with Crippen LogP contribution < -0.4 is 16.0 Å². The normalized spacial score (nSPS) is 13.4. The fourth-order valence-electron chi connectivity index (χ4n) is 0.649. The van der Waals surface area contributed by atoms with Crippen LogP contribution in [0.1, 0.15) is 4.11 Å². The molecule has 62 valence electrons. The number of hydrazine groups is 1. The van der Waals surface area contributed by atoms with Crippen molar-refractivity contribution in [1.82, 2.24) is 0 Å². The van der Waals surface area contributed by atoms with Crippen molar-refractivity contribution in [3.63, 3.8) is 0 Å². The van der Waals surface area contributed by atoms with Crippen LogP contribution in [0.15, 0.2) is 24.3 Å². The first-order valence-electron chi connectivity index (χ1n) is 4.27. The van der Waals surface area contributed by atoms with Crippen molar-refractivity contribution >= 4 is 18.1 Å². The lowest BCUT2D eigenvalue weighted by molar-refractivity contribution is 0.415. The van der Waals surface area contributed by atoms with E-state index in [-0.39, 0.29) is 18.2 Å². The predicted molar refractivity (Wildman–Crippen MR) is 48.1 cm³/mol. The molecule has 3 N–H and O–H groups in total. The second kappa shape index (κ2) is 4.82. The SMILES string of the molecule is Cl.[2H]C([2H])([2H])Oc1cccc(NN)c1. The molecule has 0 aromatic heterocycles. The molecule has 0 radical (unpaired) electrons. The molecule has 1 rings (SSSR count). The fraction of sp³-hybridized carbons (Fsp3) is 0.143. The Hall–Kier alpha value is -0.930. The standard InChI is InChI=1S/C7H10N2O.ClH/c1-10-7-4-2-3-6(5-7)9-8;/h2-5,9H,8H2,1H3;1H/i1D3;. The largest absolute Gasteiger partial charge is 0.497 e. The molecule has 0 bridgehead atoms. The molecule has 0 saturated heterocycles. The Balaban J connectivity index is 0.00000169. The summed E-state index contributed by atoms with van der Waals surface area (Å²) in [5.74, 6) is 5.40. The minimum atomic E-state index is -2.42. The average Bonchev–Trinajstić information content (AvgIpc) is 2.01. The third kappa shape index (κ3) is 2.65. The smallest absolute Gasteiger partial charge is 0.120 e. The molecule has 0 amide bonds. The highest BCUT2D eigenvalue weighted by Crippen LogP contribution is 2.14. The maximum absolute atomic E-state index is 6.86. The molecule has 0 spiro atoms. The molecule has 0 aliphatic heterocycles. The van der Waals surface area contributed by atoms with E-state index in [1.165, 1.54) is 6.07 Å². The van der Waals surface area contributed by atoms with Crippen LogP contribution in [-0.2, 0) is 0 Å². The highest BCUT2D eigenvalue weighted by Gasteiger charge is 1.90. The summed E-state index contributed by atoms with van der Waals surface area (Å²) >= 11 is 0. The zero-order valence-electron chi connectivity index (χ0n) is 8.70. The van der Waals surface area contributed by atoms with Gasteiger partial charge < -0.3 is 10.2 Å². The van der Waals surface area contributed by atoms with Gasteiger partial charge in [-0.25, -0.2) is 0 Å². The second-order valence-electron chi connectivity index (χ2n) is 1.77. The number of benzene rings is 1. The number of hydrogen-bond acceptors (Lipinski definition) is 3. The van der Waals surface area contributed by atoms with Crippen molar-refractivity contribution in [2.75, 3.05) is 12.5 Å². The molecule has 0 fully saturated rings. The minimum Gasteiger partial charge on any atom is -0.497 e. The number of methoxy groups -OCH3 is 1. The Labute approximate surface area is 76.1 Å². The molecule has 11 heavy (non-hydrogen) atoms. The highest BCUT2D eigenvalue weighted by atomic mass is 35.5. The summed E-state index contributed by atoms with van der Waals surface area (Å²) in [6.45, 7) is 0. The molecular formula is C7H11ClN2O. The zero-order chi connectivity index (χ0) is 9.90. The summed E-state index contributed by atoms with van der Waals surface area (Å²) in [5, 5.41) is 0. The van der Waals surface area contributed by atoms with Gasteiger partial charge in [-0.2, -0.15) is 0 Å². The van der Waals surface area contributed by atoms with Gasteiger partial charge in [0.1, 0.15) is 5.75 Å². The van der Waals surface area contributed by atoms with E-state index in [9.17, 15) is 0 Å². The van der Waals surface area contributed by atoms with Crippen LogP contribution in [0.2, 0.25) is 0 Å². The first-order chi connectivity index (χ1) is 6.01. The van der Waals surface area contributed by atoms with Crippen molar-refractivity contribution in [3.05, 3.63) is 24.3 Å². The van der Waals surface area contributed by atoms with Gasteiger partial charge in [0.2, 0.25) is 0 Å². The molecule has 3 nitrogen and oxygen atoms in total. The number of ether oxygens (including phenoxy) is 1. The molecular weight excluding hydrogens is 164 g/mol. The van der Waals surface area contributed by atoms with Crippen molar-refractivity contribution in [2.45, 2.75) is 0 Å². The van der Waals surface area contributed by atoms with E-state index < -0.39 is 7.04 Å². The number of rotatable bonds is 2. The molecule has 0 saturated carbocycles. The first kappa shape index (κ1) is 5.69. The van der Waals surface area contributed by atoms with Crippen LogP contribution in [0.3, 0.4) is 0 Å². The van der Waals surface area contributed by atoms with Crippen LogP contribution in [-0.4, -0.2) is 7.04 Å². The summed E-state index contributed by atoms with van der Waals surface area (Å²) in [6, 6.07) is 6.40. The summed E-state index contributed by atoms with van der Waals surface area (Å²) in [6.07, 6.45) is 0. The lowest BCUT2D eigenvalue weighted by Gasteiger charge is -2.01. The van der Waals surface area contributed by atoms with E-state index in [2.05, 4.69) is 10.2 Å². The van der Waals surface area contributed by atoms with Crippen LogP contribution in [0.25, 0.3) is 0 Å². The van der Waals surface area contributed by atoms with Gasteiger partial charge in [0.15, 0.2) is 0 Å². The van der Waals surface area contributed by atoms with Gasteiger partial charge in [0, 0.05) is 6.07 Å². The van der Waals surface area contributed by atoms with E-state index in [0.29, 0.717) is 5.69 Å². The number of anilines is 1. The van der Waals surface area contributed by atoms with Gasteiger partial charge in [0.05, 0.1) is 16.8 Å². The molecule has 1 aromatic carbocycles.